The van der Waals surface area contributed by atoms with Gasteiger partial charge in [0.25, 0.3) is 0 Å². The zero-order valence-corrected chi connectivity index (χ0v) is 23.9. The van der Waals surface area contributed by atoms with E-state index < -0.39 is 0 Å². The first-order chi connectivity index (χ1) is 17.9. The van der Waals surface area contributed by atoms with Crippen LogP contribution in [-0.2, 0) is 0 Å². The number of hydrogen-bond donors (Lipinski definition) is 3. The van der Waals surface area contributed by atoms with Gasteiger partial charge in [-0.1, -0.05) is 12.8 Å². The van der Waals surface area contributed by atoms with Crippen LogP contribution in [0.3, 0.4) is 0 Å². The van der Waals surface area contributed by atoms with Crippen molar-refractivity contribution in [3.63, 3.8) is 0 Å². The van der Waals surface area contributed by atoms with Crippen LogP contribution in [0, 0.1) is 52.3 Å². The van der Waals surface area contributed by atoms with E-state index in [1.165, 1.54) is 96.8 Å². The lowest BCUT2D eigenvalue weighted by atomic mass is 9.59. The SMILES string of the molecule is CN1CCN(C2CCCC(C3CCC4NCC5NNC(C6CCC(C(C)(C)C#N)CC6)C5C4C3)C2)CC1. The number of piperidine rings is 1. The molecule has 6 fully saturated rings. The molecule has 37 heavy (non-hydrogen) atoms. The van der Waals surface area contributed by atoms with Gasteiger partial charge in [0.15, 0.2) is 0 Å². The Morgan fingerprint density at radius 1 is 0.784 bits per heavy atom. The molecule has 3 aliphatic heterocycles. The number of rotatable bonds is 4. The largest absolute Gasteiger partial charge is 0.312 e. The van der Waals surface area contributed by atoms with Gasteiger partial charge >= 0.3 is 0 Å². The summed E-state index contributed by atoms with van der Waals surface area (Å²) in [6.45, 7) is 10.5. The molecule has 0 aromatic rings. The minimum Gasteiger partial charge on any atom is -0.312 e. The maximum atomic E-state index is 9.66. The predicted molar refractivity (Wildman–Crippen MR) is 150 cm³/mol. The van der Waals surface area contributed by atoms with Crippen LogP contribution in [0.15, 0.2) is 0 Å². The highest BCUT2D eigenvalue weighted by molar-refractivity contribution is 5.08. The fourth-order valence-electron chi connectivity index (χ4n) is 9.89. The van der Waals surface area contributed by atoms with E-state index in [1.54, 1.807) is 0 Å². The van der Waals surface area contributed by atoms with Crippen LogP contribution in [0.5, 0.6) is 0 Å². The molecule has 6 nitrogen and oxygen atoms in total. The zero-order valence-electron chi connectivity index (χ0n) is 23.9. The number of hydrazine groups is 1. The molecule has 3 saturated heterocycles. The number of piperazine rings is 1. The Kier molecular flexibility index (Phi) is 7.91. The maximum absolute atomic E-state index is 9.66. The van der Waals surface area contributed by atoms with Crippen molar-refractivity contribution in [1.29, 1.82) is 5.26 Å². The topological polar surface area (TPSA) is 66.4 Å². The van der Waals surface area contributed by atoms with Gasteiger partial charge in [0.05, 0.1) is 11.5 Å². The van der Waals surface area contributed by atoms with E-state index in [4.69, 9.17) is 0 Å². The number of nitriles is 1. The average molecular weight is 511 g/mol. The molecule has 3 heterocycles. The Bertz CT molecular complexity index is 807. The Labute approximate surface area is 226 Å². The van der Waals surface area contributed by atoms with Crippen molar-refractivity contribution in [3.05, 3.63) is 0 Å². The number of nitrogens with one attached hydrogen (secondary N) is 3. The van der Waals surface area contributed by atoms with Gasteiger partial charge in [0.2, 0.25) is 0 Å². The van der Waals surface area contributed by atoms with Crippen molar-refractivity contribution in [2.75, 3.05) is 39.8 Å². The fraction of sp³-hybridized carbons (Fsp3) is 0.968. The average Bonchev–Trinajstić information content (AvgIpc) is 3.38. The van der Waals surface area contributed by atoms with E-state index in [0.29, 0.717) is 18.0 Å². The molecule has 8 unspecified atom stereocenters. The summed E-state index contributed by atoms with van der Waals surface area (Å²) < 4.78 is 0. The molecule has 3 N–H and O–H groups in total. The van der Waals surface area contributed by atoms with Gasteiger partial charge in [-0.2, -0.15) is 5.26 Å². The minimum absolute atomic E-state index is 0.173. The third kappa shape index (κ3) is 5.38. The van der Waals surface area contributed by atoms with Crippen LogP contribution in [0.1, 0.15) is 84.5 Å². The summed E-state index contributed by atoms with van der Waals surface area (Å²) in [5.41, 5.74) is 7.44. The molecule has 0 bridgehead atoms. The fourth-order valence-corrected chi connectivity index (χ4v) is 9.89. The second kappa shape index (κ2) is 11.0. The molecule has 3 saturated carbocycles. The Balaban J connectivity index is 1.10. The van der Waals surface area contributed by atoms with Crippen molar-refractivity contribution in [2.24, 2.45) is 40.9 Å². The third-order valence-corrected chi connectivity index (χ3v) is 12.3. The minimum atomic E-state index is -0.173. The second-order valence-corrected chi connectivity index (χ2v) is 14.6. The summed E-state index contributed by atoms with van der Waals surface area (Å²) in [4.78, 5) is 5.35. The summed E-state index contributed by atoms with van der Waals surface area (Å²) in [6.07, 6.45) is 15.2. The van der Waals surface area contributed by atoms with E-state index in [9.17, 15) is 5.26 Å². The van der Waals surface area contributed by atoms with E-state index in [2.05, 4.69) is 52.9 Å². The van der Waals surface area contributed by atoms with Crippen molar-refractivity contribution in [1.82, 2.24) is 26.0 Å². The number of likely N-dealkylation sites (N-methyl/N-ethyl adjacent to an activating group) is 1. The van der Waals surface area contributed by atoms with Gasteiger partial charge in [0, 0.05) is 56.9 Å². The summed E-state index contributed by atoms with van der Waals surface area (Å²) in [6, 6.07) is 5.38. The van der Waals surface area contributed by atoms with Gasteiger partial charge in [-0.05, 0) is 114 Å². The number of fused-ring (bicyclic) bond motifs is 3. The third-order valence-electron chi connectivity index (χ3n) is 12.3. The molecule has 8 atom stereocenters. The van der Waals surface area contributed by atoms with Gasteiger partial charge < -0.3 is 10.2 Å². The molecule has 6 heteroatoms. The Morgan fingerprint density at radius 2 is 1.51 bits per heavy atom. The molecule has 208 valence electrons. The Hall–Kier alpha value is -0.710. The zero-order chi connectivity index (χ0) is 25.6. The highest BCUT2D eigenvalue weighted by atomic mass is 15.4. The molecule has 6 aliphatic rings. The molecule has 0 aromatic heterocycles. The van der Waals surface area contributed by atoms with Crippen molar-refractivity contribution < 1.29 is 0 Å². The van der Waals surface area contributed by atoms with Crippen molar-refractivity contribution >= 4 is 0 Å². The normalized spacial score (nSPS) is 46.1. The first-order valence-electron chi connectivity index (χ1n) is 16.0. The predicted octanol–water partition coefficient (Wildman–Crippen LogP) is 4.00. The van der Waals surface area contributed by atoms with E-state index >= 15 is 0 Å². The monoisotopic (exact) mass is 510 g/mol. The van der Waals surface area contributed by atoms with Gasteiger partial charge in [-0.3, -0.25) is 15.8 Å². The van der Waals surface area contributed by atoms with E-state index in [0.717, 1.165) is 48.2 Å². The molecule has 0 spiro atoms. The van der Waals surface area contributed by atoms with Crippen molar-refractivity contribution in [3.8, 4) is 6.07 Å². The highest BCUT2D eigenvalue weighted by Crippen LogP contribution is 2.49. The van der Waals surface area contributed by atoms with Crippen LogP contribution < -0.4 is 16.2 Å². The molecule has 6 rings (SSSR count). The molecular weight excluding hydrogens is 456 g/mol. The summed E-state index contributed by atoms with van der Waals surface area (Å²) in [5, 5.41) is 13.6. The first-order valence-corrected chi connectivity index (χ1v) is 16.0. The first kappa shape index (κ1) is 26.5. The molecule has 0 radical (unpaired) electrons. The van der Waals surface area contributed by atoms with Crippen LogP contribution in [0.2, 0.25) is 0 Å². The van der Waals surface area contributed by atoms with E-state index in [1.807, 2.05) is 0 Å². The lowest BCUT2D eigenvalue weighted by molar-refractivity contribution is 0.0242. The van der Waals surface area contributed by atoms with E-state index in [-0.39, 0.29) is 5.41 Å². The highest BCUT2D eigenvalue weighted by Gasteiger charge is 2.52. The second-order valence-electron chi connectivity index (χ2n) is 14.6. The maximum Gasteiger partial charge on any atom is 0.0686 e. The van der Waals surface area contributed by atoms with Crippen LogP contribution in [0.4, 0.5) is 0 Å². The lowest BCUT2D eigenvalue weighted by Crippen LogP contribution is -2.59. The van der Waals surface area contributed by atoms with Crippen LogP contribution >= 0.6 is 0 Å². The Morgan fingerprint density at radius 3 is 2.27 bits per heavy atom. The molecular formula is C31H54N6. The van der Waals surface area contributed by atoms with Crippen molar-refractivity contribution in [2.45, 2.75) is 109 Å². The summed E-state index contributed by atoms with van der Waals surface area (Å²) >= 11 is 0. The number of nitrogens with zero attached hydrogens (tertiary/aromatic N) is 3. The summed E-state index contributed by atoms with van der Waals surface area (Å²) in [7, 11) is 2.28. The summed E-state index contributed by atoms with van der Waals surface area (Å²) in [5.74, 6) is 4.82. The molecule has 0 amide bonds. The molecule has 3 aliphatic carbocycles. The van der Waals surface area contributed by atoms with Gasteiger partial charge in [-0.25, -0.2) is 0 Å². The standard InChI is InChI=1S/C31H54N6/c1-31(2,20-32)24-10-7-21(8-11-24)30-29-26-18-23(9-12-27(26)33-19-28(29)34-35-30)22-5-4-6-25(17-22)37-15-13-36(3)14-16-37/h21-30,33-35H,4-19H2,1-3H3. The van der Waals surface area contributed by atoms with Crippen LogP contribution in [0.25, 0.3) is 0 Å². The quantitative estimate of drug-likeness (QED) is 0.531. The molecule has 0 aromatic carbocycles. The number of hydrogen-bond acceptors (Lipinski definition) is 6. The smallest absolute Gasteiger partial charge is 0.0686 e. The van der Waals surface area contributed by atoms with Gasteiger partial charge in [0.1, 0.15) is 0 Å². The lowest BCUT2D eigenvalue weighted by Gasteiger charge is -2.51. The van der Waals surface area contributed by atoms with Crippen LogP contribution in [-0.4, -0.2) is 73.7 Å². The van der Waals surface area contributed by atoms with Gasteiger partial charge in [-0.15, -0.1) is 0 Å².